The highest BCUT2D eigenvalue weighted by Crippen LogP contribution is 2.49. The van der Waals surface area contributed by atoms with Gasteiger partial charge in [-0.25, -0.2) is 0 Å². The third-order valence-electron chi connectivity index (χ3n) is 5.68. The van der Waals surface area contributed by atoms with E-state index < -0.39 is 11.4 Å². The maximum absolute atomic E-state index is 12.8. The van der Waals surface area contributed by atoms with Crippen molar-refractivity contribution in [3.05, 3.63) is 29.3 Å². The monoisotopic (exact) mass is 345 g/mol. The summed E-state index contributed by atoms with van der Waals surface area (Å²) in [6, 6.07) is 5.05. The average Bonchev–Trinajstić information content (AvgIpc) is 3.12. The van der Waals surface area contributed by atoms with Crippen LogP contribution in [0.25, 0.3) is 0 Å². The number of ketones is 1. The van der Waals surface area contributed by atoms with Crippen LogP contribution in [-0.4, -0.2) is 47.9 Å². The molecule has 1 aromatic rings. The van der Waals surface area contributed by atoms with Gasteiger partial charge in [-0.2, -0.15) is 0 Å². The number of ether oxygens (including phenoxy) is 1. The second-order valence-corrected chi connectivity index (χ2v) is 7.08. The molecule has 1 saturated carbocycles. The van der Waals surface area contributed by atoms with E-state index in [1.807, 2.05) is 0 Å². The van der Waals surface area contributed by atoms with Crippen molar-refractivity contribution in [2.75, 3.05) is 20.2 Å². The number of nitrogens with zero attached hydrogens (tertiary/aromatic N) is 1. The Hall–Kier alpha value is -2.37. The minimum Gasteiger partial charge on any atom is -0.496 e. The van der Waals surface area contributed by atoms with Crippen LogP contribution in [-0.2, 0) is 16.0 Å². The lowest BCUT2D eigenvalue weighted by Crippen LogP contribution is -2.37. The summed E-state index contributed by atoms with van der Waals surface area (Å²) in [5.74, 6) is -0.377. The number of fused-ring (bicyclic) bond motifs is 1. The van der Waals surface area contributed by atoms with Crippen LogP contribution >= 0.6 is 0 Å². The van der Waals surface area contributed by atoms with Crippen molar-refractivity contribution >= 4 is 17.7 Å². The number of aliphatic carboxylic acids is 1. The summed E-state index contributed by atoms with van der Waals surface area (Å²) in [6.07, 6.45) is 2.51. The van der Waals surface area contributed by atoms with Crippen LogP contribution in [0.5, 0.6) is 5.75 Å². The molecule has 0 spiro atoms. The van der Waals surface area contributed by atoms with E-state index in [1.165, 1.54) is 14.0 Å². The van der Waals surface area contributed by atoms with Gasteiger partial charge in [-0.05, 0) is 43.9 Å². The SMILES string of the molecule is COc1ccc(C(C)=O)cc1CC(=O)N1C[C@@H]2CCC[C@@]2(C(=O)O)C1. The molecule has 2 atom stereocenters. The van der Waals surface area contributed by atoms with Crippen LogP contribution in [0.4, 0.5) is 0 Å². The van der Waals surface area contributed by atoms with Crippen molar-refractivity contribution in [3.63, 3.8) is 0 Å². The van der Waals surface area contributed by atoms with Gasteiger partial charge in [0.05, 0.1) is 18.9 Å². The molecule has 2 aliphatic rings. The van der Waals surface area contributed by atoms with Gasteiger partial charge in [-0.15, -0.1) is 0 Å². The third-order valence-corrected chi connectivity index (χ3v) is 5.68. The van der Waals surface area contributed by atoms with Gasteiger partial charge in [0.2, 0.25) is 5.91 Å². The molecule has 0 aromatic heterocycles. The molecule has 1 aliphatic heterocycles. The maximum Gasteiger partial charge on any atom is 0.311 e. The third kappa shape index (κ3) is 3.01. The summed E-state index contributed by atoms with van der Waals surface area (Å²) in [4.78, 5) is 37.8. The first-order valence-corrected chi connectivity index (χ1v) is 8.56. The number of benzene rings is 1. The number of carboxylic acids is 1. The molecule has 6 heteroatoms. The molecule has 1 N–H and O–H groups in total. The highest BCUT2D eigenvalue weighted by Gasteiger charge is 2.55. The number of likely N-dealkylation sites (tertiary alicyclic amines) is 1. The van der Waals surface area contributed by atoms with E-state index in [2.05, 4.69) is 0 Å². The van der Waals surface area contributed by atoms with Gasteiger partial charge in [0.25, 0.3) is 0 Å². The minimum atomic E-state index is -0.790. The first-order chi connectivity index (χ1) is 11.9. The molecule has 1 aromatic carbocycles. The fourth-order valence-corrected chi connectivity index (χ4v) is 4.24. The summed E-state index contributed by atoms with van der Waals surface area (Å²) in [5.41, 5.74) is 0.409. The molecule has 0 bridgehead atoms. The van der Waals surface area contributed by atoms with Gasteiger partial charge in [0, 0.05) is 24.2 Å². The molecule has 2 fully saturated rings. The van der Waals surface area contributed by atoms with Crippen LogP contribution in [0.1, 0.15) is 42.1 Å². The van der Waals surface area contributed by atoms with Crippen molar-refractivity contribution in [2.24, 2.45) is 11.3 Å². The number of carboxylic acid groups (broad SMARTS) is 1. The molecule has 1 amide bonds. The largest absolute Gasteiger partial charge is 0.496 e. The highest BCUT2D eigenvalue weighted by atomic mass is 16.5. The lowest BCUT2D eigenvalue weighted by molar-refractivity contribution is -0.149. The van der Waals surface area contributed by atoms with Crippen molar-refractivity contribution in [2.45, 2.75) is 32.6 Å². The van der Waals surface area contributed by atoms with Gasteiger partial charge in [0.15, 0.2) is 5.78 Å². The standard InChI is InChI=1S/C19H23NO5/c1-12(21)13-5-6-16(25-2)14(8-13)9-17(22)20-10-15-4-3-7-19(15,11-20)18(23)24/h5-6,8,15H,3-4,7,9-11H2,1-2H3,(H,23,24)/t15-,19+/m0/s1. The summed E-state index contributed by atoms with van der Waals surface area (Å²) in [7, 11) is 1.52. The topological polar surface area (TPSA) is 83.9 Å². The van der Waals surface area contributed by atoms with Crippen molar-refractivity contribution in [1.29, 1.82) is 0 Å². The zero-order chi connectivity index (χ0) is 18.2. The Kier molecular flexibility index (Phi) is 4.54. The molecule has 1 heterocycles. The van der Waals surface area contributed by atoms with Crippen molar-refractivity contribution in [3.8, 4) is 5.75 Å². The molecule has 0 radical (unpaired) electrons. The molecular weight excluding hydrogens is 322 g/mol. The Morgan fingerprint density at radius 1 is 1.36 bits per heavy atom. The predicted molar refractivity (Wildman–Crippen MR) is 90.7 cm³/mol. The second kappa shape index (κ2) is 6.50. The van der Waals surface area contributed by atoms with E-state index >= 15 is 0 Å². The molecule has 134 valence electrons. The number of carbonyl (C=O) groups excluding carboxylic acids is 2. The first kappa shape index (κ1) is 17.5. The summed E-state index contributed by atoms with van der Waals surface area (Å²) in [5, 5.41) is 9.65. The second-order valence-electron chi connectivity index (χ2n) is 7.08. The first-order valence-electron chi connectivity index (χ1n) is 8.56. The number of carbonyl (C=O) groups is 3. The van der Waals surface area contributed by atoms with Crippen LogP contribution < -0.4 is 4.74 Å². The fourth-order valence-electron chi connectivity index (χ4n) is 4.24. The van der Waals surface area contributed by atoms with Gasteiger partial charge < -0.3 is 14.7 Å². The molecule has 1 aliphatic carbocycles. The van der Waals surface area contributed by atoms with Crippen LogP contribution in [0.3, 0.4) is 0 Å². The molecule has 25 heavy (non-hydrogen) atoms. The fraction of sp³-hybridized carbons (Fsp3) is 0.526. The molecule has 3 rings (SSSR count). The van der Waals surface area contributed by atoms with E-state index in [0.29, 0.717) is 29.8 Å². The quantitative estimate of drug-likeness (QED) is 0.827. The lowest BCUT2D eigenvalue weighted by Gasteiger charge is -2.23. The number of hydrogen-bond acceptors (Lipinski definition) is 4. The van der Waals surface area contributed by atoms with Gasteiger partial charge in [0.1, 0.15) is 5.75 Å². The average molecular weight is 345 g/mol. The Morgan fingerprint density at radius 3 is 2.72 bits per heavy atom. The minimum absolute atomic E-state index is 0.0411. The predicted octanol–water partition coefficient (Wildman–Crippen LogP) is 2.15. The normalized spacial score (nSPS) is 24.9. The lowest BCUT2D eigenvalue weighted by atomic mass is 9.81. The van der Waals surface area contributed by atoms with Crippen molar-refractivity contribution in [1.82, 2.24) is 4.90 Å². The van der Waals surface area contributed by atoms with Crippen LogP contribution in [0, 0.1) is 11.3 Å². The molecule has 0 unspecified atom stereocenters. The number of methoxy groups -OCH3 is 1. The maximum atomic E-state index is 12.8. The zero-order valence-electron chi connectivity index (χ0n) is 14.6. The number of hydrogen-bond donors (Lipinski definition) is 1. The highest BCUT2D eigenvalue weighted by molar-refractivity contribution is 5.94. The Labute approximate surface area is 146 Å². The van der Waals surface area contributed by atoms with Crippen LogP contribution in [0.15, 0.2) is 18.2 Å². The number of amides is 1. The van der Waals surface area contributed by atoms with Crippen LogP contribution in [0.2, 0.25) is 0 Å². The number of rotatable bonds is 5. The van der Waals surface area contributed by atoms with Gasteiger partial charge in [-0.3, -0.25) is 14.4 Å². The molecular formula is C19H23NO5. The van der Waals surface area contributed by atoms with Gasteiger partial charge in [-0.1, -0.05) is 6.42 Å². The Morgan fingerprint density at radius 2 is 2.12 bits per heavy atom. The molecule has 6 nitrogen and oxygen atoms in total. The van der Waals surface area contributed by atoms with Gasteiger partial charge >= 0.3 is 5.97 Å². The smallest absolute Gasteiger partial charge is 0.311 e. The summed E-state index contributed by atoms with van der Waals surface area (Å²) in [6.45, 7) is 2.26. The van der Waals surface area contributed by atoms with E-state index in [-0.39, 0.29) is 30.6 Å². The Balaban J connectivity index is 1.78. The zero-order valence-corrected chi connectivity index (χ0v) is 14.6. The van der Waals surface area contributed by atoms with E-state index in [9.17, 15) is 19.5 Å². The van der Waals surface area contributed by atoms with E-state index in [4.69, 9.17) is 4.74 Å². The summed E-state index contributed by atoms with van der Waals surface area (Å²) >= 11 is 0. The summed E-state index contributed by atoms with van der Waals surface area (Å²) < 4.78 is 5.30. The van der Waals surface area contributed by atoms with Crippen molar-refractivity contribution < 1.29 is 24.2 Å². The Bertz CT molecular complexity index is 729. The number of Topliss-reactive ketones (excluding diaryl/α,β-unsaturated/α-hetero) is 1. The molecule has 1 saturated heterocycles. The van der Waals surface area contributed by atoms with E-state index in [0.717, 1.165) is 12.8 Å². The van der Waals surface area contributed by atoms with E-state index in [1.54, 1.807) is 23.1 Å².